The number of hydrogen-bond donors (Lipinski definition) is 1. The van der Waals surface area contributed by atoms with Crippen molar-refractivity contribution in [2.45, 2.75) is 31.0 Å². The molecule has 170 valence electrons. The second-order valence-corrected chi connectivity index (χ2v) is 8.64. The summed E-state index contributed by atoms with van der Waals surface area (Å²) >= 11 is 5.79. The van der Waals surface area contributed by atoms with Crippen molar-refractivity contribution < 1.29 is 14.3 Å². The van der Waals surface area contributed by atoms with Gasteiger partial charge in [-0.25, -0.2) is 4.79 Å². The molecule has 0 amide bonds. The third kappa shape index (κ3) is 4.24. The van der Waals surface area contributed by atoms with Gasteiger partial charge in [-0.2, -0.15) is 0 Å². The van der Waals surface area contributed by atoms with Crippen LogP contribution in [0.2, 0.25) is 0 Å². The minimum Gasteiger partial charge on any atom is -0.465 e. The van der Waals surface area contributed by atoms with Crippen LogP contribution in [0.4, 0.5) is 0 Å². The van der Waals surface area contributed by atoms with Crippen molar-refractivity contribution in [2.75, 3.05) is 20.3 Å². The molecule has 3 aromatic rings. The van der Waals surface area contributed by atoms with E-state index >= 15 is 0 Å². The van der Waals surface area contributed by atoms with E-state index in [1.165, 1.54) is 7.11 Å². The van der Waals surface area contributed by atoms with Crippen LogP contribution in [-0.4, -0.2) is 51.9 Å². The van der Waals surface area contributed by atoms with Crippen LogP contribution >= 0.6 is 12.2 Å². The highest BCUT2D eigenvalue weighted by molar-refractivity contribution is 7.80. The number of carbonyl (C=O) groups is 1. The van der Waals surface area contributed by atoms with Gasteiger partial charge in [-0.1, -0.05) is 6.07 Å². The molecule has 2 fully saturated rings. The molecule has 0 bridgehead atoms. The number of carbonyl (C=O) groups excluding carboxylic acids is 1. The molecule has 0 unspecified atom stereocenters. The summed E-state index contributed by atoms with van der Waals surface area (Å²) < 4.78 is 12.9. The fourth-order valence-electron chi connectivity index (χ4n) is 4.68. The summed E-state index contributed by atoms with van der Waals surface area (Å²) in [5, 5.41) is 4.22. The quantitative estimate of drug-likeness (QED) is 0.441. The molecule has 4 heterocycles. The monoisotopic (exact) mass is 462 g/mol. The van der Waals surface area contributed by atoms with Crippen LogP contribution in [-0.2, 0) is 9.47 Å². The fourth-order valence-corrected chi connectivity index (χ4v) is 4.99. The number of aromatic nitrogens is 2. The van der Waals surface area contributed by atoms with E-state index in [0.29, 0.717) is 10.7 Å². The minimum atomic E-state index is -0.349. The molecular weight excluding hydrogens is 436 g/mol. The summed E-state index contributed by atoms with van der Waals surface area (Å²) in [5.41, 5.74) is 3.50. The molecule has 2 aliphatic heterocycles. The van der Waals surface area contributed by atoms with E-state index in [0.717, 1.165) is 43.1 Å². The first-order valence-corrected chi connectivity index (χ1v) is 11.5. The third-order valence-corrected chi connectivity index (χ3v) is 6.62. The molecular formula is C25H26N4O3S. The number of rotatable bonds is 6. The molecule has 33 heavy (non-hydrogen) atoms. The average Bonchev–Trinajstić information content (AvgIpc) is 3.61. The Labute approximate surface area is 198 Å². The summed E-state index contributed by atoms with van der Waals surface area (Å²) in [6.45, 7) is 1.53. The van der Waals surface area contributed by atoms with E-state index < -0.39 is 0 Å². The number of hydrogen-bond acceptors (Lipinski definition) is 5. The molecule has 1 N–H and O–H groups in total. The van der Waals surface area contributed by atoms with Crippen molar-refractivity contribution in [3.05, 3.63) is 83.9 Å². The number of benzene rings is 1. The van der Waals surface area contributed by atoms with Gasteiger partial charge < -0.3 is 24.3 Å². The van der Waals surface area contributed by atoms with Gasteiger partial charge in [-0.3, -0.25) is 4.98 Å². The van der Waals surface area contributed by atoms with Crippen molar-refractivity contribution in [1.29, 1.82) is 0 Å². The molecule has 0 saturated carbocycles. The maximum absolute atomic E-state index is 11.9. The summed E-state index contributed by atoms with van der Waals surface area (Å²) in [4.78, 5) is 18.7. The van der Waals surface area contributed by atoms with Crippen molar-refractivity contribution in [3.63, 3.8) is 0 Å². The number of thiocarbonyl (C=S) groups is 1. The van der Waals surface area contributed by atoms with Crippen LogP contribution in [0, 0.1) is 0 Å². The lowest BCUT2D eigenvalue weighted by Crippen LogP contribution is -2.36. The van der Waals surface area contributed by atoms with Crippen molar-refractivity contribution in [3.8, 4) is 5.69 Å². The number of nitrogens with zero attached hydrogens (tertiary/aromatic N) is 3. The standard InChI is InChI=1S/C25H26N4O3S/c1-31-24(30)17-9-11-18(12-10-17)28-14-4-8-21(28)23-22(20-7-2-3-13-26-20)27-25(33)29(23)16-19-6-5-15-32-19/h2-4,7-14,19,22-23H,5-6,15-16H2,1H3,(H,27,33)/t19-,22+,23-/m0/s1. The Morgan fingerprint density at radius 1 is 1.21 bits per heavy atom. The molecule has 0 radical (unpaired) electrons. The van der Waals surface area contributed by atoms with Gasteiger partial charge in [0.15, 0.2) is 5.11 Å². The van der Waals surface area contributed by atoms with Crippen molar-refractivity contribution >= 4 is 23.3 Å². The Kier molecular flexibility index (Phi) is 6.11. The van der Waals surface area contributed by atoms with E-state index in [4.69, 9.17) is 21.7 Å². The Hall–Kier alpha value is -3.23. The first-order chi connectivity index (χ1) is 16.2. The molecule has 2 saturated heterocycles. The molecule has 5 rings (SSSR count). The number of methoxy groups -OCH3 is 1. The Morgan fingerprint density at radius 3 is 2.76 bits per heavy atom. The zero-order chi connectivity index (χ0) is 22.8. The molecule has 8 heteroatoms. The van der Waals surface area contributed by atoms with Gasteiger partial charge in [-0.05, 0) is 73.6 Å². The largest absolute Gasteiger partial charge is 0.465 e. The van der Waals surface area contributed by atoms with Crippen LogP contribution in [0.1, 0.15) is 46.7 Å². The molecule has 2 aromatic heterocycles. The third-order valence-electron chi connectivity index (χ3n) is 6.27. The van der Waals surface area contributed by atoms with Gasteiger partial charge in [0.1, 0.15) is 0 Å². The van der Waals surface area contributed by atoms with Crippen LogP contribution in [0.25, 0.3) is 5.69 Å². The highest BCUT2D eigenvalue weighted by Gasteiger charge is 2.42. The molecule has 0 spiro atoms. The lowest BCUT2D eigenvalue weighted by Gasteiger charge is -2.30. The maximum atomic E-state index is 11.9. The van der Waals surface area contributed by atoms with Crippen molar-refractivity contribution in [2.24, 2.45) is 0 Å². The molecule has 2 aliphatic rings. The second kappa shape index (κ2) is 9.33. The molecule has 1 aromatic carbocycles. The smallest absolute Gasteiger partial charge is 0.337 e. The van der Waals surface area contributed by atoms with Gasteiger partial charge in [0, 0.05) is 36.9 Å². The summed E-state index contributed by atoms with van der Waals surface area (Å²) in [7, 11) is 1.39. The van der Waals surface area contributed by atoms with E-state index in [2.05, 4.69) is 25.8 Å². The number of ether oxygens (including phenoxy) is 2. The molecule has 0 aliphatic carbocycles. The Balaban J connectivity index is 1.53. The summed E-state index contributed by atoms with van der Waals surface area (Å²) in [5.74, 6) is -0.349. The minimum absolute atomic E-state index is 0.0631. The topological polar surface area (TPSA) is 68.6 Å². The van der Waals surface area contributed by atoms with Crippen LogP contribution in [0.15, 0.2) is 67.0 Å². The number of pyridine rings is 1. The predicted molar refractivity (Wildman–Crippen MR) is 128 cm³/mol. The Morgan fingerprint density at radius 2 is 2.06 bits per heavy atom. The zero-order valence-electron chi connectivity index (χ0n) is 18.4. The van der Waals surface area contributed by atoms with Crippen LogP contribution < -0.4 is 5.32 Å². The number of nitrogens with one attached hydrogen (secondary N) is 1. The lowest BCUT2D eigenvalue weighted by molar-refractivity contribution is 0.0600. The van der Waals surface area contributed by atoms with E-state index in [-0.39, 0.29) is 24.2 Å². The molecule has 7 nitrogen and oxygen atoms in total. The second-order valence-electron chi connectivity index (χ2n) is 8.26. The maximum Gasteiger partial charge on any atom is 0.337 e. The van der Waals surface area contributed by atoms with Crippen LogP contribution in [0.3, 0.4) is 0 Å². The van der Waals surface area contributed by atoms with Gasteiger partial charge in [0.2, 0.25) is 0 Å². The first kappa shape index (κ1) is 21.6. The number of esters is 1. The predicted octanol–water partition coefficient (Wildman–Crippen LogP) is 3.81. The summed E-state index contributed by atoms with van der Waals surface area (Å²) in [6, 6.07) is 17.4. The van der Waals surface area contributed by atoms with Gasteiger partial charge in [-0.15, -0.1) is 0 Å². The van der Waals surface area contributed by atoms with E-state index in [1.54, 1.807) is 12.1 Å². The van der Waals surface area contributed by atoms with Crippen molar-refractivity contribution in [1.82, 2.24) is 19.8 Å². The zero-order valence-corrected chi connectivity index (χ0v) is 19.2. The first-order valence-electron chi connectivity index (χ1n) is 11.1. The SMILES string of the molecule is COC(=O)c1ccc(-n2cccc2[C@H]2[C@@H](c3ccccn3)NC(=S)N2C[C@@H]2CCCO2)cc1. The lowest BCUT2D eigenvalue weighted by atomic mass is 10.0. The average molecular weight is 463 g/mol. The summed E-state index contributed by atoms with van der Waals surface area (Å²) in [6.07, 6.45) is 6.12. The fraction of sp³-hybridized carbons (Fsp3) is 0.320. The molecule has 3 atom stereocenters. The highest BCUT2D eigenvalue weighted by atomic mass is 32.1. The Bertz CT molecular complexity index is 1130. The van der Waals surface area contributed by atoms with E-state index in [1.807, 2.05) is 48.8 Å². The highest BCUT2D eigenvalue weighted by Crippen LogP contribution is 2.40. The van der Waals surface area contributed by atoms with Gasteiger partial charge in [0.05, 0.1) is 36.6 Å². The normalized spacial score (nSPS) is 22.4. The van der Waals surface area contributed by atoms with Crippen LogP contribution in [0.5, 0.6) is 0 Å². The van der Waals surface area contributed by atoms with E-state index in [9.17, 15) is 4.79 Å². The van der Waals surface area contributed by atoms with Gasteiger partial charge >= 0.3 is 5.97 Å². The van der Waals surface area contributed by atoms with Gasteiger partial charge in [0.25, 0.3) is 0 Å².